The van der Waals surface area contributed by atoms with Crippen molar-refractivity contribution in [2.45, 2.75) is 0 Å². The van der Waals surface area contributed by atoms with E-state index >= 15 is 0 Å². The normalized spacial score (nSPS) is 11.7. The lowest BCUT2D eigenvalue weighted by molar-refractivity contribution is 1.61. The Balaban J connectivity index is 0.710. The van der Waals surface area contributed by atoms with Crippen molar-refractivity contribution in [3.8, 4) is 89.0 Å². The largest absolute Gasteiger partial charge is 0.0616 e. The van der Waals surface area contributed by atoms with Gasteiger partial charge in [-0.3, -0.25) is 0 Å². The highest BCUT2D eigenvalue weighted by molar-refractivity contribution is 6.24. The second-order valence-electron chi connectivity index (χ2n) is 23.0. The Morgan fingerprint density at radius 2 is 0.360 bits per heavy atom. The summed E-state index contributed by atoms with van der Waals surface area (Å²) in [5, 5.41) is 20.0. The molecule has 17 rings (SSSR count). The molecule has 0 heterocycles. The highest BCUT2D eigenvalue weighted by Crippen LogP contribution is 2.48. The smallest absolute Gasteiger partial charge is 0.00201 e. The van der Waals surface area contributed by atoms with E-state index in [2.05, 4.69) is 328 Å². The molecule has 0 N–H and O–H groups in total. The van der Waals surface area contributed by atoms with Crippen molar-refractivity contribution in [2.24, 2.45) is 0 Å². The molecular weight excluding hydrogens is 1030 g/mol. The van der Waals surface area contributed by atoms with Crippen LogP contribution in [-0.2, 0) is 0 Å². The van der Waals surface area contributed by atoms with Crippen molar-refractivity contribution in [3.05, 3.63) is 328 Å². The summed E-state index contributed by atoms with van der Waals surface area (Å²) in [5.74, 6) is 0. The molecule has 0 aliphatic carbocycles. The van der Waals surface area contributed by atoms with E-state index in [1.807, 2.05) is 0 Å². The van der Waals surface area contributed by atoms with Crippen molar-refractivity contribution in [1.29, 1.82) is 0 Å². The Bertz CT molecular complexity index is 5430. The summed E-state index contributed by atoms with van der Waals surface area (Å²) in [5.41, 5.74) is 19.7. The molecule has 0 aliphatic heterocycles. The summed E-state index contributed by atoms with van der Waals surface area (Å²) in [7, 11) is 0. The molecule has 0 heteroatoms. The molecule has 0 saturated carbocycles. The molecule has 0 spiro atoms. The first-order valence-corrected chi connectivity index (χ1v) is 29.9. The summed E-state index contributed by atoms with van der Waals surface area (Å²) >= 11 is 0. The minimum absolute atomic E-state index is 1.19. The van der Waals surface area contributed by atoms with Crippen molar-refractivity contribution < 1.29 is 0 Å². The van der Waals surface area contributed by atoms with Crippen LogP contribution in [0.15, 0.2) is 328 Å². The van der Waals surface area contributed by atoms with Gasteiger partial charge in [0.1, 0.15) is 0 Å². The SMILES string of the molecule is c1ccc2c(-c3ccc(-c4c5ccccc5c(-c5ccc(-c6ccc7cccc(-c8cccc9ccc(-c%10ccc(-c%11c%12ccccc%12c(-c%12cccc%13ccccc%12%13)c%12ccccc%11%12)cc%10)cc89)c7c6)cc5)c5ccccc45)cc3)cccc2c1. The lowest BCUT2D eigenvalue weighted by atomic mass is 9.84. The molecule has 0 fully saturated rings. The van der Waals surface area contributed by atoms with Crippen molar-refractivity contribution in [1.82, 2.24) is 0 Å². The minimum atomic E-state index is 1.19. The molecule has 0 amide bonds. The zero-order valence-corrected chi connectivity index (χ0v) is 47.2. The molecule has 0 radical (unpaired) electrons. The van der Waals surface area contributed by atoms with Crippen LogP contribution in [0.5, 0.6) is 0 Å². The fraction of sp³-hybridized carbons (Fsp3) is 0. The predicted octanol–water partition coefficient (Wildman–Crippen LogP) is 24.2. The van der Waals surface area contributed by atoms with E-state index < -0.39 is 0 Å². The predicted molar refractivity (Wildman–Crippen MR) is 370 cm³/mol. The van der Waals surface area contributed by atoms with Gasteiger partial charge < -0.3 is 0 Å². The van der Waals surface area contributed by atoms with Gasteiger partial charge in [0.05, 0.1) is 0 Å². The van der Waals surface area contributed by atoms with E-state index in [-0.39, 0.29) is 0 Å². The van der Waals surface area contributed by atoms with Gasteiger partial charge in [0.2, 0.25) is 0 Å². The van der Waals surface area contributed by atoms with Gasteiger partial charge in [-0.05, 0) is 187 Å². The van der Waals surface area contributed by atoms with E-state index in [1.165, 1.54) is 175 Å². The maximum Gasteiger partial charge on any atom is -0.00201 e. The molecule has 398 valence electrons. The van der Waals surface area contributed by atoms with E-state index in [0.717, 1.165) is 0 Å². The molecule has 17 aromatic carbocycles. The Labute approximate surface area is 499 Å². The summed E-state index contributed by atoms with van der Waals surface area (Å²) in [6.07, 6.45) is 0. The van der Waals surface area contributed by atoms with Gasteiger partial charge in [0.25, 0.3) is 0 Å². The first kappa shape index (κ1) is 49.4. The number of benzene rings is 17. The van der Waals surface area contributed by atoms with E-state index in [0.29, 0.717) is 0 Å². The van der Waals surface area contributed by atoms with Gasteiger partial charge in [-0.25, -0.2) is 0 Å². The Hall–Kier alpha value is -11.2. The van der Waals surface area contributed by atoms with Gasteiger partial charge in [0, 0.05) is 0 Å². The molecule has 0 bridgehead atoms. The average molecular weight is 1090 g/mol. The van der Waals surface area contributed by atoms with Crippen LogP contribution in [0.2, 0.25) is 0 Å². The van der Waals surface area contributed by atoms with E-state index in [4.69, 9.17) is 0 Å². The van der Waals surface area contributed by atoms with Gasteiger partial charge >= 0.3 is 0 Å². The van der Waals surface area contributed by atoms with Crippen molar-refractivity contribution >= 4 is 86.2 Å². The van der Waals surface area contributed by atoms with E-state index in [1.54, 1.807) is 0 Å². The third-order valence-corrected chi connectivity index (χ3v) is 18.3. The van der Waals surface area contributed by atoms with Gasteiger partial charge in [-0.2, -0.15) is 0 Å². The highest BCUT2D eigenvalue weighted by atomic mass is 14.2. The van der Waals surface area contributed by atoms with Crippen LogP contribution in [0, 0.1) is 0 Å². The first-order chi connectivity index (χ1) is 42.7. The third-order valence-electron chi connectivity index (χ3n) is 18.3. The maximum absolute atomic E-state index is 2.40. The molecular formula is C86H54. The maximum atomic E-state index is 2.40. The second kappa shape index (κ2) is 20.3. The molecule has 0 aromatic heterocycles. The highest BCUT2D eigenvalue weighted by Gasteiger charge is 2.21. The summed E-state index contributed by atoms with van der Waals surface area (Å²) in [6, 6.07) is 122. The van der Waals surface area contributed by atoms with Crippen LogP contribution in [-0.4, -0.2) is 0 Å². The van der Waals surface area contributed by atoms with Crippen LogP contribution < -0.4 is 0 Å². The fourth-order valence-corrected chi connectivity index (χ4v) is 14.2. The quantitative estimate of drug-likeness (QED) is 0.133. The van der Waals surface area contributed by atoms with Gasteiger partial charge in [0.15, 0.2) is 0 Å². The zero-order chi connectivity index (χ0) is 56.7. The van der Waals surface area contributed by atoms with Crippen LogP contribution in [0.4, 0.5) is 0 Å². The summed E-state index contributed by atoms with van der Waals surface area (Å²) in [4.78, 5) is 0. The first-order valence-electron chi connectivity index (χ1n) is 29.9. The molecule has 0 aliphatic rings. The van der Waals surface area contributed by atoms with Gasteiger partial charge in [-0.15, -0.1) is 0 Å². The van der Waals surface area contributed by atoms with Crippen LogP contribution in [0.3, 0.4) is 0 Å². The molecule has 0 nitrogen and oxygen atoms in total. The number of rotatable bonds is 8. The van der Waals surface area contributed by atoms with Crippen molar-refractivity contribution in [3.63, 3.8) is 0 Å². The Morgan fingerprint density at radius 1 is 0.116 bits per heavy atom. The van der Waals surface area contributed by atoms with E-state index in [9.17, 15) is 0 Å². The summed E-state index contributed by atoms with van der Waals surface area (Å²) < 4.78 is 0. The number of hydrogen-bond acceptors (Lipinski definition) is 0. The Morgan fingerprint density at radius 3 is 0.733 bits per heavy atom. The van der Waals surface area contributed by atoms with Crippen LogP contribution >= 0.6 is 0 Å². The second-order valence-corrected chi connectivity index (χ2v) is 23.0. The van der Waals surface area contributed by atoms with Crippen LogP contribution in [0.25, 0.3) is 175 Å². The summed E-state index contributed by atoms with van der Waals surface area (Å²) in [6.45, 7) is 0. The standard InChI is InChI=1S/C86H54/c1-3-23-67-57(17-1)19-13-33-68(67)61-41-49-64(50-42-61)84-75-27-7-5-25-73(75)83(74-26-6-8-28-76(74)84)62-45-37-55(38-46-62)65-51-43-59-21-14-34-70(81(59)53-65)71-35-15-22-60-44-52-66(54-82(60)71)56-39-47-63(48-40-56)85-77-29-9-11-31-79(77)86(80-32-12-10-30-78(80)85)72-36-16-20-58-18-2-4-24-69(58)72/h1-54H. The monoisotopic (exact) mass is 1090 g/mol. The number of fused-ring (bicyclic) bond motifs is 8. The molecule has 0 unspecified atom stereocenters. The van der Waals surface area contributed by atoms with Crippen LogP contribution in [0.1, 0.15) is 0 Å². The number of hydrogen-bond donors (Lipinski definition) is 0. The molecule has 17 aromatic rings. The van der Waals surface area contributed by atoms with Gasteiger partial charge in [-0.1, -0.05) is 315 Å². The lowest BCUT2D eigenvalue weighted by Crippen LogP contribution is -1.91. The fourth-order valence-electron chi connectivity index (χ4n) is 14.2. The minimum Gasteiger partial charge on any atom is -0.0616 e. The molecule has 86 heavy (non-hydrogen) atoms. The topological polar surface area (TPSA) is 0 Å². The average Bonchev–Trinajstić information content (AvgIpc) is 1.23. The third kappa shape index (κ3) is 8.14. The molecule has 0 saturated heterocycles. The Kier molecular flexibility index (Phi) is 11.7. The van der Waals surface area contributed by atoms with Crippen molar-refractivity contribution in [2.75, 3.05) is 0 Å². The molecule has 0 atom stereocenters. The zero-order valence-electron chi connectivity index (χ0n) is 47.2. The lowest BCUT2D eigenvalue weighted by Gasteiger charge is -2.19.